The van der Waals surface area contributed by atoms with E-state index in [-0.39, 0.29) is 12.1 Å². The zero-order valence-corrected chi connectivity index (χ0v) is 9.42. The molecule has 82 valence electrons. The third-order valence-electron chi connectivity index (χ3n) is 3.09. The summed E-state index contributed by atoms with van der Waals surface area (Å²) in [6, 6.07) is 0. The molecule has 1 aliphatic carbocycles. The third-order valence-corrected chi connectivity index (χ3v) is 3.09. The maximum atomic E-state index is 11.3. The van der Waals surface area contributed by atoms with Crippen LogP contribution < -0.4 is 0 Å². The van der Waals surface area contributed by atoms with Crippen molar-refractivity contribution in [2.24, 2.45) is 5.92 Å². The van der Waals surface area contributed by atoms with Gasteiger partial charge in [-0.25, -0.2) is 0 Å². The number of rotatable bonds is 4. The minimum absolute atomic E-state index is 0.0226. The second kappa shape index (κ2) is 6.05. The molecular weight excluding hydrogens is 176 g/mol. The standard InChI is InChI=1S/C12H22O2/c1-3-7-12(13)14-10(2)11-8-5-4-6-9-11/h10-11H,3-9H2,1-2H3/t10-/m1/s1. The zero-order chi connectivity index (χ0) is 10.4. The van der Waals surface area contributed by atoms with E-state index in [1.807, 2.05) is 13.8 Å². The topological polar surface area (TPSA) is 26.3 Å². The van der Waals surface area contributed by atoms with Gasteiger partial charge in [0.25, 0.3) is 0 Å². The first kappa shape index (κ1) is 11.5. The number of carbonyl (C=O) groups excluding carboxylic acids is 1. The molecule has 0 N–H and O–H groups in total. The van der Waals surface area contributed by atoms with Crippen molar-refractivity contribution in [3.8, 4) is 0 Å². The number of esters is 1. The van der Waals surface area contributed by atoms with Crippen molar-refractivity contribution in [2.45, 2.75) is 64.9 Å². The van der Waals surface area contributed by atoms with Crippen molar-refractivity contribution in [1.82, 2.24) is 0 Å². The van der Waals surface area contributed by atoms with Crippen LogP contribution in [0.3, 0.4) is 0 Å². The predicted molar refractivity (Wildman–Crippen MR) is 57.0 cm³/mol. The summed E-state index contributed by atoms with van der Waals surface area (Å²) < 4.78 is 5.39. The Hall–Kier alpha value is -0.530. The molecule has 0 aromatic rings. The lowest BCUT2D eigenvalue weighted by atomic mass is 9.86. The molecule has 2 heteroatoms. The molecule has 0 heterocycles. The number of ether oxygens (including phenoxy) is 1. The van der Waals surface area contributed by atoms with Gasteiger partial charge in [-0.2, -0.15) is 0 Å². The second-order valence-electron chi connectivity index (χ2n) is 4.34. The van der Waals surface area contributed by atoms with Gasteiger partial charge in [0.2, 0.25) is 0 Å². The predicted octanol–water partition coefficient (Wildman–Crippen LogP) is 3.30. The van der Waals surface area contributed by atoms with Crippen LogP contribution in [0.2, 0.25) is 0 Å². The second-order valence-corrected chi connectivity index (χ2v) is 4.34. The van der Waals surface area contributed by atoms with Crippen LogP contribution in [0.25, 0.3) is 0 Å². The van der Waals surface area contributed by atoms with Crippen molar-refractivity contribution in [1.29, 1.82) is 0 Å². The number of hydrogen-bond acceptors (Lipinski definition) is 2. The summed E-state index contributed by atoms with van der Waals surface area (Å²) in [4.78, 5) is 11.3. The molecule has 0 saturated heterocycles. The van der Waals surface area contributed by atoms with Crippen LogP contribution in [0.5, 0.6) is 0 Å². The fourth-order valence-corrected chi connectivity index (χ4v) is 2.17. The normalized spacial score (nSPS) is 20.4. The summed E-state index contributed by atoms with van der Waals surface area (Å²) in [7, 11) is 0. The summed E-state index contributed by atoms with van der Waals surface area (Å²) in [6.45, 7) is 4.05. The van der Waals surface area contributed by atoms with E-state index in [1.54, 1.807) is 0 Å². The van der Waals surface area contributed by atoms with Crippen LogP contribution in [0, 0.1) is 5.92 Å². The molecule has 1 fully saturated rings. The first-order valence-electron chi connectivity index (χ1n) is 5.93. The van der Waals surface area contributed by atoms with Crippen LogP contribution in [0.4, 0.5) is 0 Å². The molecule has 2 nitrogen and oxygen atoms in total. The van der Waals surface area contributed by atoms with Gasteiger partial charge in [0.1, 0.15) is 6.10 Å². The highest BCUT2D eigenvalue weighted by molar-refractivity contribution is 5.69. The molecule has 0 amide bonds. The highest BCUT2D eigenvalue weighted by atomic mass is 16.5. The lowest BCUT2D eigenvalue weighted by Gasteiger charge is -2.27. The van der Waals surface area contributed by atoms with E-state index >= 15 is 0 Å². The fraction of sp³-hybridized carbons (Fsp3) is 0.917. The smallest absolute Gasteiger partial charge is 0.306 e. The average Bonchev–Trinajstić information content (AvgIpc) is 2.19. The Labute approximate surface area is 87.0 Å². The molecule has 0 unspecified atom stereocenters. The van der Waals surface area contributed by atoms with Crippen LogP contribution >= 0.6 is 0 Å². The van der Waals surface area contributed by atoms with E-state index in [4.69, 9.17) is 4.74 Å². The molecule has 0 aromatic carbocycles. The molecule has 0 aliphatic heterocycles. The Morgan fingerprint density at radius 3 is 2.57 bits per heavy atom. The summed E-state index contributed by atoms with van der Waals surface area (Å²) in [5.74, 6) is 0.593. The summed E-state index contributed by atoms with van der Waals surface area (Å²) in [5, 5.41) is 0. The average molecular weight is 198 g/mol. The van der Waals surface area contributed by atoms with Crippen molar-refractivity contribution < 1.29 is 9.53 Å². The third kappa shape index (κ3) is 3.69. The Morgan fingerprint density at radius 2 is 2.00 bits per heavy atom. The van der Waals surface area contributed by atoms with Gasteiger partial charge in [-0.15, -0.1) is 0 Å². The first-order valence-corrected chi connectivity index (χ1v) is 5.93. The maximum Gasteiger partial charge on any atom is 0.306 e. The molecule has 0 spiro atoms. The van der Waals surface area contributed by atoms with Gasteiger partial charge in [0, 0.05) is 6.42 Å². The van der Waals surface area contributed by atoms with Gasteiger partial charge in [0.15, 0.2) is 0 Å². The van der Waals surface area contributed by atoms with Crippen LogP contribution in [0.15, 0.2) is 0 Å². The Morgan fingerprint density at radius 1 is 1.36 bits per heavy atom. The lowest BCUT2D eigenvalue weighted by Crippen LogP contribution is -2.25. The van der Waals surface area contributed by atoms with Gasteiger partial charge in [-0.1, -0.05) is 26.2 Å². The Kier molecular flexibility index (Phi) is 4.99. The van der Waals surface area contributed by atoms with E-state index in [1.165, 1.54) is 32.1 Å². The van der Waals surface area contributed by atoms with Gasteiger partial charge in [-0.3, -0.25) is 4.79 Å². The quantitative estimate of drug-likeness (QED) is 0.648. The highest BCUT2D eigenvalue weighted by Crippen LogP contribution is 2.27. The molecule has 14 heavy (non-hydrogen) atoms. The van der Waals surface area contributed by atoms with Crippen molar-refractivity contribution in [2.75, 3.05) is 0 Å². The minimum Gasteiger partial charge on any atom is -0.462 e. The molecule has 1 atom stereocenters. The van der Waals surface area contributed by atoms with Crippen LogP contribution in [-0.2, 0) is 9.53 Å². The largest absolute Gasteiger partial charge is 0.462 e. The molecule has 0 aromatic heterocycles. The van der Waals surface area contributed by atoms with Crippen LogP contribution in [-0.4, -0.2) is 12.1 Å². The van der Waals surface area contributed by atoms with Gasteiger partial charge < -0.3 is 4.74 Å². The monoisotopic (exact) mass is 198 g/mol. The summed E-state index contributed by atoms with van der Waals surface area (Å²) in [5.41, 5.74) is 0. The zero-order valence-electron chi connectivity index (χ0n) is 9.42. The molecule has 0 bridgehead atoms. The van der Waals surface area contributed by atoms with E-state index < -0.39 is 0 Å². The highest BCUT2D eigenvalue weighted by Gasteiger charge is 2.22. The molecule has 1 rings (SSSR count). The maximum absolute atomic E-state index is 11.3. The summed E-state index contributed by atoms with van der Waals surface area (Å²) in [6.07, 6.45) is 8.02. The first-order chi connectivity index (χ1) is 6.74. The van der Waals surface area contributed by atoms with Gasteiger partial charge >= 0.3 is 5.97 Å². The fourth-order valence-electron chi connectivity index (χ4n) is 2.17. The van der Waals surface area contributed by atoms with Crippen molar-refractivity contribution in [3.63, 3.8) is 0 Å². The Bertz CT molecular complexity index is 171. The van der Waals surface area contributed by atoms with Gasteiger partial charge in [0.05, 0.1) is 0 Å². The SMILES string of the molecule is CCCC(=O)O[C@H](C)C1CCCCC1. The molecule has 0 radical (unpaired) electrons. The van der Waals surface area contributed by atoms with E-state index in [0.717, 1.165) is 6.42 Å². The van der Waals surface area contributed by atoms with Crippen molar-refractivity contribution in [3.05, 3.63) is 0 Å². The van der Waals surface area contributed by atoms with Crippen molar-refractivity contribution >= 4 is 5.97 Å². The molecule has 1 aliphatic rings. The van der Waals surface area contributed by atoms with E-state index in [2.05, 4.69) is 0 Å². The Balaban J connectivity index is 2.25. The number of hydrogen-bond donors (Lipinski definition) is 0. The minimum atomic E-state index is -0.0226. The molecule has 1 saturated carbocycles. The van der Waals surface area contributed by atoms with E-state index in [9.17, 15) is 4.79 Å². The van der Waals surface area contributed by atoms with E-state index in [0.29, 0.717) is 12.3 Å². The molecular formula is C12H22O2. The lowest BCUT2D eigenvalue weighted by molar-refractivity contribution is -0.151. The van der Waals surface area contributed by atoms with Crippen LogP contribution in [0.1, 0.15) is 58.8 Å². The number of carbonyl (C=O) groups is 1. The van der Waals surface area contributed by atoms with Gasteiger partial charge in [-0.05, 0) is 32.1 Å². The summed E-state index contributed by atoms with van der Waals surface area (Å²) >= 11 is 0.